The first-order chi connectivity index (χ1) is 10.7. The van der Waals surface area contributed by atoms with E-state index in [0.29, 0.717) is 26.1 Å². The van der Waals surface area contributed by atoms with Gasteiger partial charge in [-0.2, -0.15) is 13.2 Å². The Kier molecular flexibility index (Phi) is 5.23. The molecule has 0 aliphatic carbocycles. The SMILES string of the molecule is COC1(C(=O)N(C)c2ccc(Cl)c(C(F)(F)F)c2)CCOCC1. The molecule has 128 valence electrons. The second kappa shape index (κ2) is 6.67. The van der Waals surface area contributed by atoms with Crippen molar-refractivity contribution in [2.75, 3.05) is 32.3 Å². The highest BCUT2D eigenvalue weighted by molar-refractivity contribution is 6.31. The van der Waals surface area contributed by atoms with E-state index in [-0.39, 0.29) is 5.69 Å². The zero-order chi connectivity index (χ0) is 17.3. The fourth-order valence-electron chi connectivity index (χ4n) is 2.57. The van der Waals surface area contributed by atoms with Crippen LogP contribution in [0.5, 0.6) is 0 Å². The Morgan fingerprint density at radius 3 is 2.48 bits per heavy atom. The van der Waals surface area contributed by atoms with E-state index in [4.69, 9.17) is 21.1 Å². The van der Waals surface area contributed by atoms with Gasteiger partial charge in [-0.25, -0.2) is 0 Å². The molecule has 0 bridgehead atoms. The predicted molar refractivity (Wildman–Crippen MR) is 79.7 cm³/mol. The van der Waals surface area contributed by atoms with Crippen LogP contribution in [-0.4, -0.2) is 38.9 Å². The normalized spacial score (nSPS) is 17.8. The predicted octanol–water partition coefficient (Wildman–Crippen LogP) is 3.52. The molecule has 1 aromatic rings. The van der Waals surface area contributed by atoms with Crippen molar-refractivity contribution in [3.8, 4) is 0 Å². The average Bonchev–Trinajstić information content (AvgIpc) is 2.53. The number of benzene rings is 1. The Balaban J connectivity index is 2.32. The van der Waals surface area contributed by atoms with Crippen molar-refractivity contribution in [1.29, 1.82) is 0 Å². The van der Waals surface area contributed by atoms with Crippen molar-refractivity contribution in [1.82, 2.24) is 0 Å². The molecule has 8 heteroatoms. The van der Waals surface area contributed by atoms with Crippen molar-refractivity contribution in [3.63, 3.8) is 0 Å². The minimum Gasteiger partial charge on any atom is -0.381 e. The molecule has 0 saturated carbocycles. The van der Waals surface area contributed by atoms with Crippen LogP contribution in [0.15, 0.2) is 18.2 Å². The van der Waals surface area contributed by atoms with Crippen molar-refractivity contribution >= 4 is 23.2 Å². The van der Waals surface area contributed by atoms with E-state index < -0.39 is 28.3 Å². The van der Waals surface area contributed by atoms with E-state index >= 15 is 0 Å². The fraction of sp³-hybridized carbons (Fsp3) is 0.533. The van der Waals surface area contributed by atoms with Gasteiger partial charge in [0.15, 0.2) is 5.60 Å². The molecule has 1 aliphatic rings. The number of rotatable bonds is 3. The number of nitrogens with zero attached hydrogens (tertiary/aromatic N) is 1. The van der Waals surface area contributed by atoms with Crippen LogP contribution in [0.25, 0.3) is 0 Å². The highest BCUT2D eigenvalue weighted by Crippen LogP contribution is 2.37. The lowest BCUT2D eigenvalue weighted by Gasteiger charge is -2.37. The second-order valence-corrected chi connectivity index (χ2v) is 5.74. The molecule has 2 rings (SSSR count). The van der Waals surface area contributed by atoms with Gasteiger partial charge in [0.25, 0.3) is 5.91 Å². The number of anilines is 1. The van der Waals surface area contributed by atoms with E-state index in [1.54, 1.807) is 0 Å². The Bertz CT molecular complexity index is 586. The topological polar surface area (TPSA) is 38.8 Å². The Labute approximate surface area is 137 Å². The van der Waals surface area contributed by atoms with Gasteiger partial charge < -0.3 is 14.4 Å². The summed E-state index contributed by atoms with van der Waals surface area (Å²) in [5, 5.41) is -0.408. The number of ether oxygens (including phenoxy) is 2. The van der Waals surface area contributed by atoms with Crippen LogP contribution in [-0.2, 0) is 20.4 Å². The molecule has 0 aromatic heterocycles. The molecule has 0 spiro atoms. The molecule has 1 amide bonds. The maximum Gasteiger partial charge on any atom is 0.417 e. The number of alkyl halides is 3. The van der Waals surface area contributed by atoms with Gasteiger partial charge in [0.05, 0.1) is 10.6 Å². The lowest BCUT2D eigenvalue weighted by Crippen LogP contribution is -2.52. The molecule has 0 atom stereocenters. The second-order valence-electron chi connectivity index (χ2n) is 5.34. The number of amides is 1. The summed E-state index contributed by atoms with van der Waals surface area (Å²) in [6, 6.07) is 3.37. The molecular formula is C15H17ClF3NO3. The fourth-order valence-corrected chi connectivity index (χ4v) is 2.79. The van der Waals surface area contributed by atoms with Crippen molar-refractivity contribution in [2.45, 2.75) is 24.6 Å². The summed E-state index contributed by atoms with van der Waals surface area (Å²) in [4.78, 5) is 13.9. The lowest BCUT2D eigenvalue weighted by atomic mass is 9.92. The number of carbonyl (C=O) groups excluding carboxylic acids is 1. The van der Waals surface area contributed by atoms with Crippen molar-refractivity contribution in [2.24, 2.45) is 0 Å². The molecule has 23 heavy (non-hydrogen) atoms. The number of methoxy groups -OCH3 is 1. The van der Waals surface area contributed by atoms with Gasteiger partial charge in [-0.05, 0) is 18.2 Å². The van der Waals surface area contributed by atoms with Crippen LogP contribution in [0.1, 0.15) is 18.4 Å². The van der Waals surface area contributed by atoms with Crippen molar-refractivity contribution in [3.05, 3.63) is 28.8 Å². The summed E-state index contributed by atoms with van der Waals surface area (Å²) in [7, 11) is 2.84. The summed E-state index contributed by atoms with van der Waals surface area (Å²) in [6.45, 7) is 0.726. The summed E-state index contributed by atoms with van der Waals surface area (Å²) < 4.78 is 49.5. The van der Waals surface area contributed by atoms with Crippen LogP contribution < -0.4 is 4.90 Å². The van der Waals surface area contributed by atoms with E-state index in [1.807, 2.05) is 0 Å². The summed E-state index contributed by atoms with van der Waals surface area (Å²) in [6.07, 6.45) is -3.88. The highest BCUT2D eigenvalue weighted by atomic mass is 35.5. The lowest BCUT2D eigenvalue weighted by molar-refractivity contribution is -0.151. The number of hydrogen-bond acceptors (Lipinski definition) is 3. The van der Waals surface area contributed by atoms with Gasteiger partial charge >= 0.3 is 6.18 Å². The van der Waals surface area contributed by atoms with Gasteiger partial charge in [-0.1, -0.05) is 11.6 Å². The molecule has 0 unspecified atom stereocenters. The monoisotopic (exact) mass is 351 g/mol. The summed E-state index contributed by atoms with van der Waals surface area (Å²) in [5.74, 6) is -0.404. The average molecular weight is 352 g/mol. The van der Waals surface area contributed by atoms with Crippen LogP contribution in [0, 0.1) is 0 Å². The first kappa shape index (κ1) is 18.0. The molecule has 1 aromatic carbocycles. The van der Waals surface area contributed by atoms with Crippen LogP contribution in [0.2, 0.25) is 5.02 Å². The minimum atomic E-state index is -4.59. The third-order valence-electron chi connectivity index (χ3n) is 4.03. The summed E-state index contributed by atoms with van der Waals surface area (Å²) in [5.41, 5.74) is -1.95. The Hall–Kier alpha value is -1.31. The smallest absolute Gasteiger partial charge is 0.381 e. The van der Waals surface area contributed by atoms with Gasteiger partial charge in [0, 0.05) is 45.9 Å². The standard InChI is InChI=1S/C15H17ClF3NO3/c1-20(13(21)14(22-2)5-7-23-8-6-14)10-3-4-12(16)11(9-10)15(17,18)19/h3-4,9H,5-8H2,1-2H3. The molecule has 4 nitrogen and oxygen atoms in total. The van der Waals surface area contributed by atoms with E-state index in [1.165, 1.54) is 25.1 Å². The molecule has 1 heterocycles. The zero-order valence-electron chi connectivity index (χ0n) is 12.7. The number of hydrogen-bond donors (Lipinski definition) is 0. The Morgan fingerprint density at radius 1 is 1.35 bits per heavy atom. The Morgan fingerprint density at radius 2 is 1.96 bits per heavy atom. The largest absolute Gasteiger partial charge is 0.417 e. The van der Waals surface area contributed by atoms with E-state index in [9.17, 15) is 18.0 Å². The quantitative estimate of drug-likeness (QED) is 0.836. The highest BCUT2D eigenvalue weighted by Gasteiger charge is 2.43. The number of carbonyl (C=O) groups is 1. The van der Waals surface area contributed by atoms with Gasteiger partial charge in [-0.15, -0.1) is 0 Å². The third-order valence-corrected chi connectivity index (χ3v) is 4.36. The van der Waals surface area contributed by atoms with Gasteiger partial charge in [0.2, 0.25) is 0 Å². The van der Waals surface area contributed by atoms with E-state index in [0.717, 1.165) is 12.1 Å². The maximum absolute atomic E-state index is 13.0. The minimum absolute atomic E-state index is 0.106. The first-order valence-electron chi connectivity index (χ1n) is 6.99. The van der Waals surface area contributed by atoms with Crippen LogP contribution in [0.4, 0.5) is 18.9 Å². The zero-order valence-corrected chi connectivity index (χ0v) is 13.5. The molecule has 1 fully saturated rings. The van der Waals surface area contributed by atoms with Crippen LogP contribution in [0.3, 0.4) is 0 Å². The molecular weight excluding hydrogens is 335 g/mol. The molecule has 0 N–H and O–H groups in total. The maximum atomic E-state index is 13.0. The summed E-state index contributed by atoms with van der Waals surface area (Å²) >= 11 is 5.60. The van der Waals surface area contributed by atoms with Crippen molar-refractivity contribution < 1.29 is 27.4 Å². The van der Waals surface area contributed by atoms with E-state index in [2.05, 4.69) is 0 Å². The molecule has 1 saturated heterocycles. The number of halogens is 4. The van der Waals surface area contributed by atoms with Gasteiger partial charge in [0.1, 0.15) is 0 Å². The third kappa shape index (κ3) is 3.62. The molecule has 1 aliphatic heterocycles. The van der Waals surface area contributed by atoms with Crippen LogP contribution >= 0.6 is 11.6 Å². The number of likely N-dealkylation sites (N-methyl/N-ethyl adjacent to an activating group) is 1. The van der Waals surface area contributed by atoms with Gasteiger partial charge in [-0.3, -0.25) is 4.79 Å². The first-order valence-corrected chi connectivity index (χ1v) is 7.37. The molecule has 0 radical (unpaired) electrons.